The number of benzene rings is 2. The number of thiazole rings is 1. The van der Waals surface area contributed by atoms with Crippen LogP contribution in [0, 0.1) is 5.82 Å². The zero-order chi connectivity index (χ0) is 14.7. The van der Waals surface area contributed by atoms with Gasteiger partial charge in [-0.3, -0.25) is 10.1 Å². The molecule has 3 aromatic rings. The van der Waals surface area contributed by atoms with Crippen LogP contribution in [0.25, 0.3) is 11.3 Å². The van der Waals surface area contributed by atoms with Crippen LogP contribution in [-0.2, 0) is 0 Å². The first-order valence-electron chi connectivity index (χ1n) is 6.30. The molecule has 1 amide bonds. The fourth-order valence-electron chi connectivity index (χ4n) is 1.87. The number of amides is 1. The summed E-state index contributed by atoms with van der Waals surface area (Å²) in [5.74, 6) is -0.810. The molecule has 1 heterocycles. The van der Waals surface area contributed by atoms with Gasteiger partial charge < -0.3 is 0 Å². The molecule has 3 rings (SSSR count). The number of carbonyl (C=O) groups is 1. The van der Waals surface area contributed by atoms with Crippen LogP contribution in [-0.4, -0.2) is 10.9 Å². The fourth-order valence-corrected chi connectivity index (χ4v) is 2.59. The highest BCUT2D eigenvalue weighted by molar-refractivity contribution is 7.14. The summed E-state index contributed by atoms with van der Waals surface area (Å²) < 4.78 is 13.1. The molecule has 0 fully saturated rings. The Bertz CT molecular complexity index is 771. The number of hydrogen-bond acceptors (Lipinski definition) is 3. The van der Waals surface area contributed by atoms with E-state index in [-0.39, 0.29) is 11.5 Å². The quantitative estimate of drug-likeness (QED) is 0.787. The van der Waals surface area contributed by atoms with Gasteiger partial charge in [0.15, 0.2) is 5.13 Å². The minimum atomic E-state index is -0.438. The van der Waals surface area contributed by atoms with E-state index in [9.17, 15) is 9.18 Å². The lowest BCUT2D eigenvalue weighted by atomic mass is 10.2. The SMILES string of the molecule is O=C(Nc1nc(-c2ccccc2)cs1)c1cccc(F)c1. The zero-order valence-corrected chi connectivity index (χ0v) is 11.7. The molecular formula is C16H11FN2OS. The Balaban J connectivity index is 1.77. The number of halogens is 1. The number of carbonyl (C=O) groups excluding carboxylic acids is 1. The lowest BCUT2D eigenvalue weighted by Crippen LogP contribution is -2.11. The summed E-state index contributed by atoms with van der Waals surface area (Å²) in [6, 6.07) is 15.3. The van der Waals surface area contributed by atoms with Gasteiger partial charge in [0.1, 0.15) is 5.82 Å². The Hall–Kier alpha value is -2.53. The maximum atomic E-state index is 13.1. The molecule has 21 heavy (non-hydrogen) atoms. The molecule has 104 valence electrons. The van der Waals surface area contributed by atoms with Gasteiger partial charge in [0, 0.05) is 16.5 Å². The molecule has 0 aliphatic heterocycles. The van der Waals surface area contributed by atoms with Crippen molar-refractivity contribution in [2.24, 2.45) is 0 Å². The molecule has 2 aromatic carbocycles. The van der Waals surface area contributed by atoms with Gasteiger partial charge in [-0.25, -0.2) is 9.37 Å². The van der Waals surface area contributed by atoms with Gasteiger partial charge in [-0.05, 0) is 18.2 Å². The van der Waals surface area contributed by atoms with Crippen molar-refractivity contribution in [1.82, 2.24) is 4.98 Å². The smallest absolute Gasteiger partial charge is 0.257 e. The van der Waals surface area contributed by atoms with Crippen LogP contribution in [0.1, 0.15) is 10.4 Å². The Morgan fingerprint density at radius 2 is 1.90 bits per heavy atom. The standard InChI is InChI=1S/C16H11FN2OS/c17-13-8-4-7-12(9-13)15(20)19-16-18-14(10-21-16)11-5-2-1-3-6-11/h1-10H,(H,18,19,20). The van der Waals surface area contributed by atoms with Crippen molar-refractivity contribution in [1.29, 1.82) is 0 Å². The molecule has 0 saturated carbocycles. The Morgan fingerprint density at radius 1 is 1.10 bits per heavy atom. The number of nitrogens with zero attached hydrogens (tertiary/aromatic N) is 1. The lowest BCUT2D eigenvalue weighted by molar-refractivity contribution is 0.102. The molecule has 0 radical (unpaired) electrons. The largest absolute Gasteiger partial charge is 0.298 e. The van der Waals surface area contributed by atoms with Crippen molar-refractivity contribution in [2.75, 3.05) is 5.32 Å². The average Bonchev–Trinajstić information content (AvgIpc) is 2.97. The number of hydrogen-bond donors (Lipinski definition) is 1. The number of rotatable bonds is 3. The normalized spacial score (nSPS) is 10.3. The van der Waals surface area contributed by atoms with Crippen molar-refractivity contribution >= 4 is 22.4 Å². The van der Waals surface area contributed by atoms with Crippen molar-refractivity contribution < 1.29 is 9.18 Å². The van der Waals surface area contributed by atoms with Gasteiger partial charge in [-0.1, -0.05) is 36.4 Å². The molecule has 0 aliphatic rings. The molecule has 1 N–H and O–H groups in total. The molecule has 0 bridgehead atoms. The van der Waals surface area contributed by atoms with Gasteiger partial charge in [-0.2, -0.15) is 0 Å². The van der Waals surface area contributed by atoms with Gasteiger partial charge in [-0.15, -0.1) is 11.3 Å². The van der Waals surface area contributed by atoms with E-state index in [1.807, 2.05) is 35.7 Å². The zero-order valence-electron chi connectivity index (χ0n) is 10.9. The molecule has 0 unspecified atom stereocenters. The summed E-state index contributed by atoms with van der Waals surface area (Å²) in [6.07, 6.45) is 0. The summed E-state index contributed by atoms with van der Waals surface area (Å²) in [5, 5.41) is 5.04. The summed E-state index contributed by atoms with van der Waals surface area (Å²) in [4.78, 5) is 16.4. The van der Waals surface area contributed by atoms with E-state index in [2.05, 4.69) is 10.3 Å². The highest BCUT2D eigenvalue weighted by atomic mass is 32.1. The number of aromatic nitrogens is 1. The van der Waals surface area contributed by atoms with E-state index in [0.717, 1.165) is 11.3 Å². The van der Waals surface area contributed by atoms with Gasteiger partial charge in [0.2, 0.25) is 0 Å². The van der Waals surface area contributed by atoms with Crippen molar-refractivity contribution in [2.45, 2.75) is 0 Å². The molecule has 0 atom stereocenters. The van der Waals surface area contributed by atoms with Gasteiger partial charge in [0.25, 0.3) is 5.91 Å². The van der Waals surface area contributed by atoms with E-state index in [0.29, 0.717) is 5.13 Å². The minimum Gasteiger partial charge on any atom is -0.298 e. The number of anilines is 1. The van der Waals surface area contributed by atoms with E-state index in [4.69, 9.17) is 0 Å². The second kappa shape index (κ2) is 5.85. The maximum absolute atomic E-state index is 13.1. The molecule has 5 heteroatoms. The summed E-state index contributed by atoms with van der Waals surface area (Å²) in [6.45, 7) is 0. The topological polar surface area (TPSA) is 42.0 Å². The van der Waals surface area contributed by atoms with E-state index >= 15 is 0 Å². The first-order valence-corrected chi connectivity index (χ1v) is 7.18. The molecule has 3 nitrogen and oxygen atoms in total. The first-order chi connectivity index (χ1) is 10.2. The highest BCUT2D eigenvalue weighted by Crippen LogP contribution is 2.24. The van der Waals surface area contributed by atoms with Crippen LogP contribution in [0.3, 0.4) is 0 Å². The van der Waals surface area contributed by atoms with Gasteiger partial charge >= 0.3 is 0 Å². The fraction of sp³-hybridized carbons (Fsp3) is 0. The first kappa shape index (κ1) is 13.5. The maximum Gasteiger partial charge on any atom is 0.257 e. The van der Waals surface area contributed by atoms with Crippen molar-refractivity contribution in [3.63, 3.8) is 0 Å². The molecular weight excluding hydrogens is 287 g/mol. The monoisotopic (exact) mass is 298 g/mol. The molecule has 0 aliphatic carbocycles. The van der Waals surface area contributed by atoms with Gasteiger partial charge in [0.05, 0.1) is 5.69 Å². The van der Waals surface area contributed by atoms with Crippen LogP contribution in [0.5, 0.6) is 0 Å². The lowest BCUT2D eigenvalue weighted by Gasteiger charge is -2.01. The second-order valence-corrected chi connectivity index (χ2v) is 5.23. The molecule has 1 aromatic heterocycles. The summed E-state index contributed by atoms with van der Waals surface area (Å²) in [5.41, 5.74) is 2.06. The van der Waals surface area contributed by atoms with E-state index in [1.165, 1.54) is 29.5 Å². The van der Waals surface area contributed by atoms with E-state index in [1.54, 1.807) is 6.07 Å². The molecule has 0 saturated heterocycles. The predicted octanol–water partition coefficient (Wildman–Crippen LogP) is 4.20. The van der Waals surface area contributed by atoms with E-state index < -0.39 is 5.82 Å². The highest BCUT2D eigenvalue weighted by Gasteiger charge is 2.10. The summed E-state index contributed by atoms with van der Waals surface area (Å²) >= 11 is 1.33. The van der Waals surface area contributed by atoms with Crippen LogP contribution >= 0.6 is 11.3 Å². The predicted molar refractivity (Wildman–Crippen MR) is 81.9 cm³/mol. The third kappa shape index (κ3) is 3.14. The van der Waals surface area contributed by atoms with Crippen LogP contribution in [0.15, 0.2) is 60.0 Å². The van der Waals surface area contributed by atoms with Crippen LogP contribution < -0.4 is 5.32 Å². The third-order valence-electron chi connectivity index (χ3n) is 2.88. The van der Waals surface area contributed by atoms with Crippen molar-refractivity contribution in [3.8, 4) is 11.3 Å². The Morgan fingerprint density at radius 3 is 2.67 bits per heavy atom. The van der Waals surface area contributed by atoms with Crippen LogP contribution in [0.2, 0.25) is 0 Å². The summed E-state index contributed by atoms with van der Waals surface area (Å²) in [7, 11) is 0. The Labute approximate surface area is 125 Å². The van der Waals surface area contributed by atoms with Crippen molar-refractivity contribution in [3.05, 3.63) is 71.4 Å². The minimum absolute atomic E-state index is 0.270. The average molecular weight is 298 g/mol. The number of nitrogens with one attached hydrogen (secondary N) is 1. The molecule has 0 spiro atoms. The second-order valence-electron chi connectivity index (χ2n) is 4.37. The third-order valence-corrected chi connectivity index (χ3v) is 3.64. The Kier molecular flexibility index (Phi) is 3.75. The van der Waals surface area contributed by atoms with Crippen LogP contribution in [0.4, 0.5) is 9.52 Å².